The van der Waals surface area contributed by atoms with Gasteiger partial charge >= 0.3 is 7.12 Å². The Morgan fingerprint density at radius 2 is 1.58 bits per heavy atom. The van der Waals surface area contributed by atoms with Crippen molar-refractivity contribution >= 4 is 18.7 Å². The minimum Gasteiger partial charge on any atom is -0.403 e. The topological polar surface area (TPSA) is 18.5 Å². The van der Waals surface area contributed by atoms with Gasteiger partial charge in [-0.2, -0.15) is 0 Å². The SMILES string of the molecule is CC1(C)OB(C2(C3CCCCC3)CC(c3cccc(Cl)c3)C2)OC1(C)C. The van der Waals surface area contributed by atoms with E-state index in [4.69, 9.17) is 20.9 Å². The fourth-order valence-corrected chi connectivity index (χ4v) is 5.53. The Kier molecular flexibility index (Phi) is 4.73. The summed E-state index contributed by atoms with van der Waals surface area (Å²) in [6.45, 7) is 8.70. The van der Waals surface area contributed by atoms with Crippen LogP contribution in [-0.4, -0.2) is 18.3 Å². The predicted octanol–water partition coefficient (Wildman–Crippen LogP) is 6.63. The zero-order valence-electron chi connectivity index (χ0n) is 16.7. The summed E-state index contributed by atoms with van der Waals surface area (Å²) in [5.74, 6) is 1.30. The second-order valence-electron chi connectivity index (χ2n) is 9.82. The third-order valence-electron chi connectivity index (χ3n) is 7.71. The van der Waals surface area contributed by atoms with E-state index < -0.39 is 0 Å². The van der Waals surface area contributed by atoms with Crippen LogP contribution in [0.15, 0.2) is 24.3 Å². The first-order valence-corrected chi connectivity index (χ1v) is 10.7. The normalized spacial score (nSPS) is 33.9. The van der Waals surface area contributed by atoms with Gasteiger partial charge in [-0.1, -0.05) is 55.8 Å². The average molecular weight is 375 g/mol. The molecule has 0 bridgehead atoms. The van der Waals surface area contributed by atoms with E-state index in [9.17, 15) is 0 Å². The van der Waals surface area contributed by atoms with Crippen molar-refractivity contribution in [3.63, 3.8) is 0 Å². The van der Waals surface area contributed by atoms with Crippen LogP contribution in [0.4, 0.5) is 0 Å². The third-order valence-corrected chi connectivity index (χ3v) is 7.95. The molecule has 26 heavy (non-hydrogen) atoms. The van der Waals surface area contributed by atoms with Crippen molar-refractivity contribution in [3.8, 4) is 0 Å². The molecule has 3 fully saturated rings. The van der Waals surface area contributed by atoms with Crippen LogP contribution in [0.25, 0.3) is 0 Å². The lowest BCUT2D eigenvalue weighted by Gasteiger charge is -2.54. The van der Waals surface area contributed by atoms with E-state index in [0.717, 1.165) is 23.8 Å². The Labute approximate surface area is 164 Å². The van der Waals surface area contributed by atoms with Gasteiger partial charge in [0.2, 0.25) is 0 Å². The molecule has 0 unspecified atom stereocenters. The molecule has 0 spiro atoms. The van der Waals surface area contributed by atoms with Gasteiger partial charge in [0.05, 0.1) is 11.2 Å². The molecule has 2 aliphatic carbocycles. The van der Waals surface area contributed by atoms with Crippen LogP contribution >= 0.6 is 11.6 Å². The van der Waals surface area contributed by atoms with Crippen LogP contribution in [0.3, 0.4) is 0 Å². The summed E-state index contributed by atoms with van der Waals surface area (Å²) < 4.78 is 13.2. The molecule has 4 rings (SSSR count). The molecule has 4 heteroatoms. The van der Waals surface area contributed by atoms with Crippen LogP contribution < -0.4 is 0 Å². The van der Waals surface area contributed by atoms with Gasteiger partial charge in [-0.15, -0.1) is 0 Å². The molecular weight excluding hydrogens is 343 g/mol. The first-order chi connectivity index (χ1) is 12.2. The molecule has 0 radical (unpaired) electrons. The zero-order chi connectivity index (χ0) is 18.6. The van der Waals surface area contributed by atoms with Crippen molar-refractivity contribution in [2.24, 2.45) is 5.92 Å². The van der Waals surface area contributed by atoms with E-state index in [0.29, 0.717) is 5.92 Å². The van der Waals surface area contributed by atoms with E-state index in [2.05, 4.69) is 45.9 Å². The Bertz CT molecular complexity index is 644. The summed E-state index contributed by atoms with van der Waals surface area (Å²) in [6, 6.07) is 8.41. The largest absolute Gasteiger partial charge is 0.464 e. The third kappa shape index (κ3) is 3.04. The van der Waals surface area contributed by atoms with Gasteiger partial charge in [0, 0.05) is 10.3 Å². The molecule has 2 saturated carbocycles. The van der Waals surface area contributed by atoms with Gasteiger partial charge in [-0.05, 0) is 70.1 Å². The predicted molar refractivity (Wildman–Crippen MR) is 109 cm³/mol. The Hall–Kier alpha value is -0.505. The number of hydrogen-bond donors (Lipinski definition) is 0. The summed E-state index contributed by atoms with van der Waals surface area (Å²) >= 11 is 6.24. The molecule has 142 valence electrons. The fourth-order valence-electron chi connectivity index (χ4n) is 5.33. The minimum atomic E-state index is -0.250. The smallest absolute Gasteiger partial charge is 0.403 e. The average Bonchev–Trinajstić information content (AvgIpc) is 2.76. The molecular formula is C22H32BClO2. The maximum absolute atomic E-state index is 6.58. The molecule has 0 atom stereocenters. The van der Waals surface area contributed by atoms with Gasteiger partial charge in [0.25, 0.3) is 0 Å². The van der Waals surface area contributed by atoms with Crippen LogP contribution in [0.2, 0.25) is 10.3 Å². The highest BCUT2D eigenvalue weighted by molar-refractivity contribution is 6.50. The van der Waals surface area contributed by atoms with Crippen molar-refractivity contribution in [2.45, 2.75) is 95.1 Å². The first kappa shape index (κ1) is 18.8. The maximum Gasteiger partial charge on any atom is 0.464 e. The second-order valence-corrected chi connectivity index (χ2v) is 10.3. The van der Waals surface area contributed by atoms with E-state index in [1.807, 2.05) is 6.07 Å². The van der Waals surface area contributed by atoms with Gasteiger partial charge in [-0.3, -0.25) is 0 Å². The number of rotatable bonds is 3. The maximum atomic E-state index is 6.58. The van der Waals surface area contributed by atoms with Crippen LogP contribution in [0.1, 0.15) is 84.1 Å². The van der Waals surface area contributed by atoms with Crippen molar-refractivity contribution in [1.29, 1.82) is 0 Å². The molecule has 1 aliphatic heterocycles. The zero-order valence-corrected chi connectivity index (χ0v) is 17.4. The summed E-state index contributed by atoms with van der Waals surface area (Å²) in [7, 11) is -0.0777. The Morgan fingerprint density at radius 1 is 0.962 bits per heavy atom. The standard InChI is InChI=1S/C22H32BClO2/c1-20(2)21(3,4)26-23(25-20)22(18-10-6-5-7-11-18)14-17(15-22)16-9-8-12-19(24)13-16/h8-9,12-13,17-18H,5-7,10-11,14-15H2,1-4H3. The molecule has 2 nitrogen and oxygen atoms in total. The number of halogens is 1. The van der Waals surface area contributed by atoms with Crippen molar-refractivity contribution < 1.29 is 9.31 Å². The molecule has 1 saturated heterocycles. The highest BCUT2D eigenvalue weighted by Gasteiger charge is 2.65. The second kappa shape index (κ2) is 6.53. The van der Waals surface area contributed by atoms with Gasteiger partial charge in [0.15, 0.2) is 0 Å². The Balaban J connectivity index is 1.59. The molecule has 0 N–H and O–H groups in total. The van der Waals surface area contributed by atoms with Gasteiger partial charge in [0.1, 0.15) is 0 Å². The molecule has 3 aliphatic rings. The highest BCUT2D eigenvalue weighted by atomic mass is 35.5. The van der Waals surface area contributed by atoms with Crippen LogP contribution in [-0.2, 0) is 9.31 Å². The van der Waals surface area contributed by atoms with E-state index in [1.54, 1.807) is 0 Å². The summed E-state index contributed by atoms with van der Waals surface area (Å²) in [6.07, 6.45) is 9.07. The highest BCUT2D eigenvalue weighted by Crippen LogP contribution is 2.67. The van der Waals surface area contributed by atoms with Crippen molar-refractivity contribution in [2.75, 3.05) is 0 Å². The van der Waals surface area contributed by atoms with E-state index >= 15 is 0 Å². The van der Waals surface area contributed by atoms with Gasteiger partial charge in [-0.25, -0.2) is 0 Å². The fraction of sp³-hybridized carbons (Fsp3) is 0.727. The Morgan fingerprint density at radius 3 is 2.15 bits per heavy atom. The molecule has 1 heterocycles. The lowest BCUT2D eigenvalue weighted by Crippen LogP contribution is -2.49. The van der Waals surface area contributed by atoms with Crippen LogP contribution in [0.5, 0.6) is 0 Å². The molecule has 1 aromatic carbocycles. The monoisotopic (exact) mass is 374 g/mol. The van der Waals surface area contributed by atoms with Crippen molar-refractivity contribution in [1.82, 2.24) is 0 Å². The lowest BCUT2D eigenvalue weighted by molar-refractivity contribution is 0.00578. The molecule has 0 amide bonds. The van der Waals surface area contributed by atoms with E-state index in [1.165, 1.54) is 37.7 Å². The number of hydrogen-bond acceptors (Lipinski definition) is 2. The quantitative estimate of drug-likeness (QED) is 0.553. The molecule has 0 aromatic heterocycles. The lowest BCUT2D eigenvalue weighted by atomic mass is 9.37. The summed E-state index contributed by atoms with van der Waals surface area (Å²) in [5, 5.41) is 1.01. The van der Waals surface area contributed by atoms with Gasteiger partial charge < -0.3 is 9.31 Å². The molecule has 1 aromatic rings. The van der Waals surface area contributed by atoms with E-state index in [-0.39, 0.29) is 23.6 Å². The number of benzene rings is 1. The first-order valence-electron chi connectivity index (χ1n) is 10.3. The summed E-state index contributed by atoms with van der Waals surface area (Å²) in [4.78, 5) is 0. The van der Waals surface area contributed by atoms with Crippen LogP contribution in [0, 0.1) is 5.92 Å². The summed E-state index contributed by atoms with van der Waals surface area (Å²) in [5.41, 5.74) is 0.876. The van der Waals surface area contributed by atoms with Crippen molar-refractivity contribution in [3.05, 3.63) is 34.9 Å². The minimum absolute atomic E-state index is 0.0777.